The SMILES string of the molecule is CC(C)[C@H]1CCC2(C)C(CO)=CC1[C@@H]2CO. The van der Waals surface area contributed by atoms with Gasteiger partial charge in [0.25, 0.3) is 0 Å². The summed E-state index contributed by atoms with van der Waals surface area (Å²) < 4.78 is 0. The van der Waals surface area contributed by atoms with Crippen molar-refractivity contribution in [2.75, 3.05) is 13.2 Å². The Morgan fingerprint density at radius 2 is 2.12 bits per heavy atom. The van der Waals surface area contributed by atoms with Crippen LogP contribution in [-0.4, -0.2) is 23.4 Å². The number of aliphatic hydroxyl groups is 2. The van der Waals surface area contributed by atoms with E-state index >= 15 is 0 Å². The zero-order valence-electron chi connectivity index (χ0n) is 10.6. The van der Waals surface area contributed by atoms with E-state index in [1.807, 2.05) is 0 Å². The molecular weight excluding hydrogens is 200 g/mol. The standard InChI is InChI=1S/C14H24O2/c1-9(2)11-4-5-14(3)10(7-15)6-12(11)13(14)8-16/h6,9,11-13,15-16H,4-5,7-8H2,1-3H3/t11-,12?,13+,14?/m1/s1. The third-order valence-corrected chi connectivity index (χ3v) is 5.12. The second kappa shape index (κ2) is 4.15. The van der Waals surface area contributed by atoms with Gasteiger partial charge in [0.1, 0.15) is 0 Å². The first kappa shape index (κ1) is 12.1. The molecule has 4 atom stereocenters. The van der Waals surface area contributed by atoms with Crippen molar-refractivity contribution in [1.82, 2.24) is 0 Å². The molecular formula is C14H24O2. The molecule has 2 aliphatic rings. The summed E-state index contributed by atoms with van der Waals surface area (Å²) in [7, 11) is 0. The van der Waals surface area contributed by atoms with Crippen molar-refractivity contribution >= 4 is 0 Å². The average molecular weight is 224 g/mol. The van der Waals surface area contributed by atoms with Crippen LogP contribution in [-0.2, 0) is 0 Å². The number of hydrogen-bond acceptors (Lipinski definition) is 2. The minimum Gasteiger partial charge on any atom is -0.396 e. The summed E-state index contributed by atoms with van der Waals surface area (Å²) in [5.74, 6) is 2.15. The molecule has 0 spiro atoms. The van der Waals surface area contributed by atoms with Gasteiger partial charge >= 0.3 is 0 Å². The number of fused-ring (bicyclic) bond motifs is 2. The second-order valence-corrected chi connectivity index (χ2v) is 6.08. The smallest absolute Gasteiger partial charge is 0.0647 e. The summed E-state index contributed by atoms with van der Waals surface area (Å²) in [5, 5.41) is 19.1. The largest absolute Gasteiger partial charge is 0.396 e. The maximum absolute atomic E-state index is 9.63. The van der Waals surface area contributed by atoms with Gasteiger partial charge in [-0.05, 0) is 47.5 Å². The maximum Gasteiger partial charge on any atom is 0.0647 e. The Kier molecular flexibility index (Phi) is 3.15. The zero-order valence-corrected chi connectivity index (χ0v) is 10.6. The van der Waals surface area contributed by atoms with Crippen molar-refractivity contribution in [3.8, 4) is 0 Å². The molecule has 0 aromatic carbocycles. The van der Waals surface area contributed by atoms with Gasteiger partial charge in [-0.25, -0.2) is 0 Å². The van der Waals surface area contributed by atoms with Gasteiger partial charge in [-0.3, -0.25) is 0 Å². The number of aliphatic hydroxyl groups excluding tert-OH is 2. The minimum absolute atomic E-state index is 0.0551. The first-order chi connectivity index (χ1) is 7.54. The van der Waals surface area contributed by atoms with Crippen molar-refractivity contribution in [2.24, 2.45) is 29.1 Å². The molecule has 92 valence electrons. The molecule has 1 saturated carbocycles. The Hall–Kier alpha value is -0.340. The van der Waals surface area contributed by atoms with Crippen molar-refractivity contribution < 1.29 is 10.2 Å². The van der Waals surface area contributed by atoms with E-state index in [-0.39, 0.29) is 18.6 Å². The van der Waals surface area contributed by atoms with Gasteiger partial charge in [-0.15, -0.1) is 0 Å². The lowest BCUT2D eigenvalue weighted by molar-refractivity contribution is 0.0236. The monoisotopic (exact) mass is 224 g/mol. The van der Waals surface area contributed by atoms with Crippen molar-refractivity contribution in [3.63, 3.8) is 0 Å². The predicted octanol–water partition coefficient (Wildman–Crippen LogP) is 2.22. The molecule has 1 fully saturated rings. The topological polar surface area (TPSA) is 40.5 Å². The molecule has 2 unspecified atom stereocenters. The Morgan fingerprint density at radius 3 is 2.62 bits per heavy atom. The van der Waals surface area contributed by atoms with Crippen LogP contribution >= 0.6 is 0 Å². The molecule has 0 amide bonds. The molecule has 0 saturated heterocycles. The van der Waals surface area contributed by atoms with E-state index in [9.17, 15) is 10.2 Å². The van der Waals surface area contributed by atoms with E-state index in [1.54, 1.807) is 0 Å². The fourth-order valence-electron chi connectivity index (χ4n) is 3.96. The Labute approximate surface area is 98.4 Å². The first-order valence-corrected chi connectivity index (χ1v) is 6.47. The van der Waals surface area contributed by atoms with Crippen LogP contribution in [0.25, 0.3) is 0 Å². The normalized spacial score (nSPS) is 42.6. The summed E-state index contributed by atoms with van der Waals surface area (Å²) in [6.07, 6.45) is 4.61. The Balaban J connectivity index is 2.32. The minimum atomic E-state index is 0.0551. The molecule has 0 aromatic rings. The Bertz CT molecular complexity index is 295. The summed E-state index contributed by atoms with van der Waals surface area (Å²) in [5.41, 5.74) is 1.22. The fraction of sp³-hybridized carbons (Fsp3) is 0.857. The lowest BCUT2D eigenvalue weighted by Crippen LogP contribution is -2.40. The van der Waals surface area contributed by atoms with Gasteiger partial charge in [0.05, 0.1) is 6.61 Å². The van der Waals surface area contributed by atoms with Crippen molar-refractivity contribution in [1.29, 1.82) is 0 Å². The predicted molar refractivity (Wildman–Crippen MR) is 64.9 cm³/mol. The lowest BCUT2D eigenvalue weighted by atomic mass is 9.60. The molecule has 0 aromatic heterocycles. The van der Waals surface area contributed by atoms with E-state index in [2.05, 4.69) is 26.8 Å². The highest BCUT2D eigenvalue weighted by atomic mass is 16.3. The fourth-order valence-corrected chi connectivity index (χ4v) is 3.96. The molecule has 2 bridgehead atoms. The summed E-state index contributed by atoms with van der Waals surface area (Å²) >= 11 is 0. The molecule has 2 rings (SSSR count). The second-order valence-electron chi connectivity index (χ2n) is 6.08. The molecule has 2 N–H and O–H groups in total. The number of rotatable bonds is 3. The molecule has 2 aliphatic carbocycles. The molecule has 2 nitrogen and oxygen atoms in total. The van der Waals surface area contributed by atoms with Crippen LogP contribution in [0.5, 0.6) is 0 Å². The van der Waals surface area contributed by atoms with E-state index in [1.165, 1.54) is 12.0 Å². The van der Waals surface area contributed by atoms with Crippen LogP contribution in [0.2, 0.25) is 0 Å². The molecule has 2 heteroatoms. The van der Waals surface area contributed by atoms with E-state index in [4.69, 9.17) is 0 Å². The van der Waals surface area contributed by atoms with Gasteiger partial charge < -0.3 is 10.2 Å². The molecule has 0 heterocycles. The molecule has 16 heavy (non-hydrogen) atoms. The van der Waals surface area contributed by atoms with Gasteiger partial charge in [0.15, 0.2) is 0 Å². The molecule has 0 aliphatic heterocycles. The first-order valence-electron chi connectivity index (χ1n) is 6.47. The van der Waals surface area contributed by atoms with Crippen LogP contribution in [0.3, 0.4) is 0 Å². The van der Waals surface area contributed by atoms with Crippen LogP contribution < -0.4 is 0 Å². The lowest BCUT2D eigenvalue weighted by Gasteiger charge is -2.45. The summed E-state index contributed by atoms with van der Waals surface area (Å²) in [4.78, 5) is 0. The average Bonchev–Trinajstić information content (AvgIpc) is 2.42. The maximum atomic E-state index is 9.63. The van der Waals surface area contributed by atoms with Crippen LogP contribution in [0.15, 0.2) is 11.6 Å². The van der Waals surface area contributed by atoms with Crippen LogP contribution in [0.1, 0.15) is 33.6 Å². The number of allylic oxidation sites excluding steroid dienone is 1. The van der Waals surface area contributed by atoms with Gasteiger partial charge in [0, 0.05) is 6.61 Å². The van der Waals surface area contributed by atoms with Crippen LogP contribution in [0, 0.1) is 29.1 Å². The van der Waals surface area contributed by atoms with Crippen molar-refractivity contribution in [2.45, 2.75) is 33.6 Å². The van der Waals surface area contributed by atoms with E-state index in [0.717, 1.165) is 6.42 Å². The Morgan fingerprint density at radius 1 is 1.44 bits per heavy atom. The highest BCUT2D eigenvalue weighted by Gasteiger charge is 2.51. The van der Waals surface area contributed by atoms with Crippen molar-refractivity contribution in [3.05, 3.63) is 11.6 Å². The molecule has 0 radical (unpaired) electrons. The highest BCUT2D eigenvalue weighted by molar-refractivity contribution is 5.28. The van der Waals surface area contributed by atoms with Crippen LogP contribution in [0.4, 0.5) is 0 Å². The third-order valence-electron chi connectivity index (χ3n) is 5.12. The van der Waals surface area contributed by atoms with Gasteiger partial charge in [0.2, 0.25) is 0 Å². The van der Waals surface area contributed by atoms with E-state index < -0.39 is 0 Å². The zero-order chi connectivity index (χ0) is 11.9. The highest BCUT2D eigenvalue weighted by Crippen LogP contribution is 2.57. The summed E-state index contributed by atoms with van der Waals surface area (Å²) in [6.45, 7) is 7.17. The van der Waals surface area contributed by atoms with Gasteiger partial charge in [-0.2, -0.15) is 0 Å². The quantitative estimate of drug-likeness (QED) is 0.722. The summed E-state index contributed by atoms with van der Waals surface area (Å²) in [6, 6.07) is 0. The van der Waals surface area contributed by atoms with E-state index in [0.29, 0.717) is 23.7 Å². The van der Waals surface area contributed by atoms with Gasteiger partial charge in [-0.1, -0.05) is 26.8 Å². The number of hydrogen-bond donors (Lipinski definition) is 2. The third kappa shape index (κ3) is 1.54.